The van der Waals surface area contributed by atoms with Crippen LogP contribution in [0.1, 0.15) is 11.1 Å². The minimum absolute atomic E-state index is 0.273. The lowest BCUT2D eigenvalue weighted by Gasteiger charge is -2.09. The molecule has 0 atom stereocenters. The van der Waals surface area contributed by atoms with Crippen molar-refractivity contribution < 1.29 is 9.13 Å². The minimum Gasteiger partial charge on any atom is -0.494 e. The van der Waals surface area contributed by atoms with Crippen LogP contribution in [0.25, 0.3) is 0 Å². The Morgan fingerprint density at radius 3 is 2.74 bits per heavy atom. The van der Waals surface area contributed by atoms with Crippen LogP contribution in [0.15, 0.2) is 41.3 Å². The van der Waals surface area contributed by atoms with Gasteiger partial charge in [-0.15, -0.1) is 11.8 Å². The first-order chi connectivity index (χ1) is 9.11. The second-order valence-electron chi connectivity index (χ2n) is 4.26. The highest BCUT2D eigenvalue weighted by molar-refractivity contribution is 7.98. The third-order valence-corrected chi connectivity index (χ3v) is 3.95. The van der Waals surface area contributed by atoms with Crippen molar-refractivity contribution in [1.82, 2.24) is 0 Å². The molecule has 0 saturated carbocycles. The molecule has 0 aliphatic carbocycles. The Kier molecular flexibility index (Phi) is 4.32. The molecule has 0 spiro atoms. The van der Waals surface area contributed by atoms with E-state index in [1.54, 1.807) is 18.2 Å². The van der Waals surface area contributed by atoms with E-state index in [1.165, 1.54) is 18.9 Å². The predicted octanol–water partition coefficient (Wildman–Crippen LogP) is 4.02. The molecular formula is C15H16FNOS. The van der Waals surface area contributed by atoms with Gasteiger partial charge < -0.3 is 10.5 Å². The third-order valence-electron chi connectivity index (χ3n) is 2.81. The van der Waals surface area contributed by atoms with Crippen molar-refractivity contribution in [1.29, 1.82) is 0 Å². The summed E-state index contributed by atoms with van der Waals surface area (Å²) in [6.45, 7) is 1.99. The maximum absolute atomic E-state index is 14.0. The van der Waals surface area contributed by atoms with Gasteiger partial charge in [0.1, 0.15) is 0 Å². The second-order valence-corrected chi connectivity index (χ2v) is 5.28. The summed E-state index contributed by atoms with van der Waals surface area (Å²) in [7, 11) is 1.47. The van der Waals surface area contributed by atoms with E-state index >= 15 is 0 Å². The van der Waals surface area contributed by atoms with Gasteiger partial charge in [-0.1, -0.05) is 18.2 Å². The van der Waals surface area contributed by atoms with Gasteiger partial charge in [-0.3, -0.25) is 0 Å². The van der Waals surface area contributed by atoms with Crippen LogP contribution >= 0.6 is 11.8 Å². The van der Waals surface area contributed by atoms with Crippen molar-refractivity contribution in [2.45, 2.75) is 17.6 Å². The number of hydrogen-bond acceptors (Lipinski definition) is 3. The first-order valence-corrected chi connectivity index (χ1v) is 6.90. The second kappa shape index (κ2) is 5.97. The smallest absolute Gasteiger partial charge is 0.169 e. The summed E-state index contributed by atoms with van der Waals surface area (Å²) in [5.74, 6) is 0.495. The van der Waals surface area contributed by atoms with Crippen LogP contribution in [0.2, 0.25) is 0 Å². The Morgan fingerprint density at radius 2 is 2.05 bits per heavy atom. The first kappa shape index (κ1) is 13.7. The Labute approximate surface area is 116 Å². The molecule has 2 aromatic rings. The van der Waals surface area contributed by atoms with Crippen LogP contribution in [-0.4, -0.2) is 7.11 Å². The minimum atomic E-state index is -0.303. The molecule has 0 saturated heterocycles. The number of nitrogens with two attached hydrogens (primary N) is 1. The number of nitrogen functional groups attached to an aromatic ring is 1. The summed E-state index contributed by atoms with van der Waals surface area (Å²) in [5.41, 5.74) is 8.41. The molecule has 4 heteroatoms. The topological polar surface area (TPSA) is 35.2 Å². The average Bonchev–Trinajstić information content (AvgIpc) is 2.39. The van der Waals surface area contributed by atoms with Crippen molar-refractivity contribution in [3.05, 3.63) is 53.3 Å². The lowest BCUT2D eigenvalue weighted by Crippen LogP contribution is -1.94. The van der Waals surface area contributed by atoms with Crippen molar-refractivity contribution in [3.8, 4) is 5.75 Å². The zero-order valence-corrected chi connectivity index (χ0v) is 11.8. The fraction of sp³-hybridized carbons (Fsp3) is 0.200. The zero-order valence-electron chi connectivity index (χ0n) is 10.9. The fourth-order valence-electron chi connectivity index (χ4n) is 1.78. The van der Waals surface area contributed by atoms with Gasteiger partial charge in [-0.05, 0) is 30.7 Å². The summed E-state index contributed by atoms with van der Waals surface area (Å²) in [5, 5.41) is 0. The highest BCUT2D eigenvalue weighted by Crippen LogP contribution is 2.31. The van der Waals surface area contributed by atoms with E-state index in [1.807, 2.05) is 25.1 Å². The van der Waals surface area contributed by atoms with Crippen LogP contribution in [0.3, 0.4) is 0 Å². The summed E-state index contributed by atoms with van der Waals surface area (Å²) in [6, 6.07) is 11.0. The van der Waals surface area contributed by atoms with Gasteiger partial charge in [-0.25, -0.2) is 4.39 Å². The third kappa shape index (κ3) is 3.20. The monoisotopic (exact) mass is 277 g/mol. The number of ether oxygens (including phenoxy) is 1. The summed E-state index contributed by atoms with van der Waals surface area (Å²) in [4.78, 5) is 0.966. The zero-order chi connectivity index (χ0) is 13.8. The van der Waals surface area contributed by atoms with Crippen molar-refractivity contribution in [2.75, 3.05) is 12.8 Å². The van der Waals surface area contributed by atoms with Crippen LogP contribution in [-0.2, 0) is 5.75 Å². The van der Waals surface area contributed by atoms with Crippen LogP contribution in [0, 0.1) is 12.7 Å². The summed E-state index contributed by atoms with van der Waals surface area (Å²) >= 11 is 1.52. The molecule has 0 aromatic heterocycles. The van der Waals surface area contributed by atoms with Crippen LogP contribution in [0.5, 0.6) is 5.75 Å². The summed E-state index contributed by atoms with van der Waals surface area (Å²) in [6.07, 6.45) is 0. The number of methoxy groups -OCH3 is 1. The number of benzene rings is 2. The molecule has 0 radical (unpaired) electrons. The molecular weight excluding hydrogens is 261 g/mol. The van der Waals surface area contributed by atoms with Gasteiger partial charge in [0.05, 0.1) is 7.11 Å². The highest BCUT2D eigenvalue weighted by atomic mass is 32.2. The lowest BCUT2D eigenvalue weighted by atomic mass is 10.2. The SMILES string of the molecule is COc1cccc(CSc2ccc(C)cc2N)c1F. The van der Waals surface area contributed by atoms with E-state index in [0.29, 0.717) is 11.3 Å². The quantitative estimate of drug-likeness (QED) is 0.677. The van der Waals surface area contributed by atoms with Crippen molar-refractivity contribution in [2.24, 2.45) is 0 Å². The number of anilines is 1. The Balaban J connectivity index is 2.14. The number of thioether (sulfide) groups is 1. The highest BCUT2D eigenvalue weighted by Gasteiger charge is 2.09. The molecule has 0 bridgehead atoms. The molecule has 0 aliphatic heterocycles. The van der Waals surface area contributed by atoms with Gasteiger partial charge in [-0.2, -0.15) is 0 Å². The maximum atomic E-state index is 14.0. The number of halogens is 1. The molecule has 0 heterocycles. The molecule has 0 amide bonds. The van der Waals surface area contributed by atoms with Gasteiger partial charge in [0.25, 0.3) is 0 Å². The standard InChI is InChI=1S/C15H16FNOS/c1-10-6-7-14(12(17)8-10)19-9-11-4-3-5-13(18-2)15(11)16/h3-8H,9,17H2,1-2H3. The lowest BCUT2D eigenvalue weighted by molar-refractivity contribution is 0.385. The Morgan fingerprint density at radius 1 is 1.26 bits per heavy atom. The van der Waals surface area contributed by atoms with E-state index in [-0.39, 0.29) is 11.6 Å². The number of aryl methyl sites for hydroxylation is 1. The number of rotatable bonds is 4. The maximum Gasteiger partial charge on any atom is 0.169 e. The predicted molar refractivity (Wildman–Crippen MR) is 78.1 cm³/mol. The van der Waals surface area contributed by atoms with E-state index in [0.717, 1.165) is 16.1 Å². The molecule has 0 aliphatic rings. The van der Waals surface area contributed by atoms with Crippen LogP contribution in [0.4, 0.5) is 10.1 Å². The van der Waals surface area contributed by atoms with E-state index in [9.17, 15) is 4.39 Å². The molecule has 2 rings (SSSR count). The first-order valence-electron chi connectivity index (χ1n) is 5.92. The molecule has 100 valence electrons. The van der Waals surface area contributed by atoms with E-state index < -0.39 is 0 Å². The molecule has 19 heavy (non-hydrogen) atoms. The fourth-order valence-corrected chi connectivity index (χ4v) is 2.70. The summed E-state index contributed by atoms with van der Waals surface area (Å²) < 4.78 is 18.9. The van der Waals surface area contributed by atoms with Crippen molar-refractivity contribution in [3.63, 3.8) is 0 Å². The van der Waals surface area contributed by atoms with E-state index in [4.69, 9.17) is 10.5 Å². The van der Waals surface area contributed by atoms with Gasteiger partial charge in [0.15, 0.2) is 11.6 Å². The molecule has 2 nitrogen and oxygen atoms in total. The van der Waals surface area contributed by atoms with Gasteiger partial charge >= 0.3 is 0 Å². The largest absolute Gasteiger partial charge is 0.494 e. The molecule has 2 N–H and O–H groups in total. The Bertz CT molecular complexity index is 586. The van der Waals surface area contributed by atoms with Gasteiger partial charge in [0, 0.05) is 21.9 Å². The number of hydrogen-bond donors (Lipinski definition) is 1. The normalized spacial score (nSPS) is 10.5. The molecule has 0 unspecified atom stereocenters. The average molecular weight is 277 g/mol. The van der Waals surface area contributed by atoms with Crippen LogP contribution < -0.4 is 10.5 Å². The Hall–Kier alpha value is -1.68. The molecule has 2 aromatic carbocycles. The van der Waals surface area contributed by atoms with Gasteiger partial charge in [0.2, 0.25) is 0 Å². The molecule has 0 fully saturated rings. The van der Waals surface area contributed by atoms with E-state index in [2.05, 4.69) is 0 Å². The van der Waals surface area contributed by atoms with Crippen molar-refractivity contribution >= 4 is 17.4 Å².